The standard InChI is InChI=1S/C24H30N2O3/c1-16-13-20(12-9-17-7-5-4-6-8-17)29-24(28)21(16)23(27)26-14-18-10-11-19(15-26)22(18)25(2)3/h4-8,13,18-19,22H,9-12,14-15H2,1-3H3/t18-,19+,22?. The lowest BCUT2D eigenvalue weighted by molar-refractivity contribution is 0.0482. The summed E-state index contributed by atoms with van der Waals surface area (Å²) in [6.07, 6.45) is 3.76. The molecule has 1 aliphatic heterocycles. The van der Waals surface area contributed by atoms with Crippen LogP contribution >= 0.6 is 0 Å². The number of carbonyl (C=O) groups is 1. The van der Waals surface area contributed by atoms with Gasteiger partial charge in [0.2, 0.25) is 0 Å². The Morgan fingerprint density at radius 2 is 1.76 bits per heavy atom. The fourth-order valence-electron chi connectivity index (χ4n) is 5.33. The van der Waals surface area contributed by atoms with Crippen molar-refractivity contribution < 1.29 is 9.21 Å². The minimum Gasteiger partial charge on any atom is -0.427 e. The number of piperidine rings is 1. The van der Waals surface area contributed by atoms with Crippen molar-refractivity contribution in [2.75, 3.05) is 27.2 Å². The Morgan fingerprint density at radius 1 is 1.10 bits per heavy atom. The van der Waals surface area contributed by atoms with Crippen LogP contribution in [0.25, 0.3) is 0 Å². The predicted octanol–water partition coefficient (Wildman–Crippen LogP) is 3.15. The van der Waals surface area contributed by atoms with Gasteiger partial charge in [0.05, 0.1) is 0 Å². The average molecular weight is 395 g/mol. The summed E-state index contributed by atoms with van der Waals surface area (Å²) < 4.78 is 5.54. The number of likely N-dealkylation sites (tertiary alicyclic amines) is 1. The number of nitrogens with zero attached hydrogens (tertiary/aromatic N) is 2. The van der Waals surface area contributed by atoms with E-state index < -0.39 is 5.63 Å². The molecule has 2 aromatic rings. The molecule has 0 N–H and O–H groups in total. The third-order valence-electron chi connectivity index (χ3n) is 6.58. The minimum atomic E-state index is -0.500. The first kappa shape index (κ1) is 19.9. The van der Waals surface area contributed by atoms with Crippen molar-refractivity contribution in [2.45, 2.75) is 38.6 Å². The monoisotopic (exact) mass is 394 g/mol. The summed E-state index contributed by atoms with van der Waals surface area (Å²) in [6, 6.07) is 12.5. The number of benzene rings is 1. The smallest absolute Gasteiger partial charge is 0.349 e. The Balaban J connectivity index is 1.49. The number of rotatable bonds is 5. The molecule has 4 rings (SSSR count). The van der Waals surface area contributed by atoms with Crippen LogP contribution < -0.4 is 5.63 Å². The summed E-state index contributed by atoms with van der Waals surface area (Å²) in [5.74, 6) is 1.45. The maximum Gasteiger partial charge on any atom is 0.349 e. The van der Waals surface area contributed by atoms with Crippen LogP contribution in [0.4, 0.5) is 0 Å². The highest BCUT2D eigenvalue weighted by atomic mass is 16.4. The molecule has 0 spiro atoms. The summed E-state index contributed by atoms with van der Waals surface area (Å²) >= 11 is 0. The molecule has 2 fully saturated rings. The summed E-state index contributed by atoms with van der Waals surface area (Å²) in [6.45, 7) is 3.30. The molecule has 5 nitrogen and oxygen atoms in total. The average Bonchev–Trinajstić information content (AvgIpc) is 2.97. The molecule has 1 unspecified atom stereocenters. The molecule has 0 radical (unpaired) electrons. The maximum absolute atomic E-state index is 13.2. The highest BCUT2D eigenvalue weighted by molar-refractivity contribution is 5.95. The Kier molecular flexibility index (Phi) is 5.59. The van der Waals surface area contributed by atoms with Crippen LogP contribution in [0.3, 0.4) is 0 Å². The van der Waals surface area contributed by atoms with Gasteiger partial charge < -0.3 is 14.2 Å². The summed E-state index contributed by atoms with van der Waals surface area (Å²) in [5.41, 5.74) is 1.62. The van der Waals surface area contributed by atoms with Crippen molar-refractivity contribution in [3.63, 3.8) is 0 Å². The van der Waals surface area contributed by atoms with Crippen molar-refractivity contribution in [2.24, 2.45) is 11.8 Å². The van der Waals surface area contributed by atoms with E-state index in [1.807, 2.05) is 36.1 Å². The van der Waals surface area contributed by atoms with E-state index in [1.165, 1.54) is 5.56 Å². The molecule has 1 aromatic heterocycles. The van der Waals surface area contributed by atoms with E-state index in [4.69, 9.17) is 4.42 Å². The number of hydrogen-bond acceptors (Lipinski definition) is 4. The lowest BCUT2D eigenvalue weighted by Crippen LogP contribution is -2.52. The maximum atomic E-state index is 13.2. The van der Waals surface area contributed by atoms with Gasteiger partial charge in [-0.15, -0.1) is 0 Å². The van der Waals surface area contributed by atoms with Crippen LogP contribution in [0, 0.1) is 18.8 Å². The van der Waals surface area contributed by atoms with Crippen LogP contribution in [-0.2, 0) is 12.8 Å². The molecule has 154 valence electrons. The highest BCUT2D eigenvalue weighted by Gasteiger charge is 2.44. The van der Waals surface area contributed by atoms with Gasteiger partial charge in [-0.25, -0.2) is 4.79 Å². The lowest BCUT2D eigenvalue weighted by atomic mass is 9.90. The van der Waals surface area contributed by atoms with Crippen molar-refractivity contribution in [1.29, 1.82) is 0 Å². The Labute approximate surface area is 172 Å². The molecular formula is C24H30N2O3. The Bertz CT molecular complexity index is 921. The van der Waals surface area contributed by atoms with Gasteiger partial charge in [0, 0.05) is 25.6 Å². The number of hydrogen-bond donors (Lipinski definition) is 0. The molecule has 2 aliphatic rings. The van der Waals surface area contributed by atoms with Gasteiger partial charge in [0.15, 0.2) is 0 Å². The largest absolute Gasteiger partial charge is 0.427 e. The second kappa shape index (κ2) is 8.15. The van der Waals surface area contributed by atoms with Crippen molar-refractivity contribution in [1.82, 2.24) is 9.80 Å². The normalized spacial score (nSPS) is 23.6. The molecule has 29 heavy (non-hydrogen) atoms. The first-order chi connectivity index (χ1) is 13.9. The first-order valence-electron chi connectivity index (χ1n) is 10.6. The van der Waals surface area contributed by atoms with E-state index in [1.54, 1.807) is 0 Å². The van der Waals surface area contributed by atoms with E-state index in [0.29, 0.717) is 30.1 Å². The van der Waals surface area contributed by atoms with Gasteiger partial charge in [-0.05, 0) is 69.3 Å². The summed E-state index contributed by atoms with van der Waals surface area (Å²) in [4.78, 5) is 30.0. The first-order valence-corrected chi connectivity index (χ1v) is 10.6. The molecule has 5 heteroatoms. The van der Waals surface area contributed by atoms with Crippen LogP contribution in [0.15, 0.2) is 45.6 Å². The number of amides is 1. The minimum absolute atomic E-state index is 0.167. The fraction of sp³-hybridized carbons (Fsp3) is 0.500. The van der Waals surface area contributed by atoms with Gasteiger partial charge in [-0.3, -0.25) is 4.79 Å². The molecular weight excluding hydrogens is 364 g/mol. The highest BCUT2D eigenvalue weighted by Crippen LogP contribution is 2.39. The van der Waals surface area contributed by atoms with E-state index in [9.17, 15) is 9.59 Å². The zero-order chi connectivity index (χ0) is 20.5. The second-order valence-electron chi connectivity index (χ2n) is 8.81. The second-order valence-corrected chi connectivity index (χ2v) is 8.81. The molecule has 2 bridgehead atoms. The van der Waals surface area contributed by atoms with E-state index in [0.717, 1.165) is 37.9 Å². The summed E-state index contributed by atoms with van der Waals surface area (Å²) in [7, 11) is 4.25. The number of fused-ring (bicyclic) bond motifs is 2. The van der Waals surface area contributed by atoms with Crippen LogP contribution in [0.1, 0.15) is 40.1 Å². The van der Waals surface area contributed by atoms with Gasteiger partial charge >= 0.3 is 5.63 Å². The van der Waals surface area contributed by atoms with Gasteiger partial charge in [0.25, 0.3) is 5.91 Å². The van der Waals surface area contributed by atoms with Gasteiger partial charge in [-0.1, -0.05) is 30.3 Å². The Hall–Kier alpha value is -2.40. The molecule has 1 saturated heterocycles. The number of aryl methyl sites for hydroxylation is 3. The zero-order valence-electron chi connectivity index (χ0n) is 17.6. The molecule has 1 amide bonds. The number of carbonyl (C=O) groups excluding carboxylic acids is 1. The molecule has 1 aromatic carbocycles. The molecule has 1 aliphatic carbocycles. The molecule has 2 heterocycles. The third-order valence-corrected chi connectivity index (χ3v) is 6.58. The van der Waals surface area contributed by atoms with Crippen LogP contribution in [-0.4, -0.2) is 48.9 Å². The topological polar surface area (TPSA) is 53.8 Å². The van der Waals surface area contributed by atoms with Crippen molar-refractivity contribution in [3.8, 4) is 0 Å². The van der Waals surface area contributed by atoms with Crippen LogP contribution in [0.5, 0.6) is 0 Å². The Morgan fingerprint density at radius 3 is 2.34 bits per heavy atom. The van der Waals surface area contributed by atoms with Crippen molar-refractivity contribution in [3.05, 3.63) is 69.3 Å². The van der Waals surface area contributed by atoms with Gasteiger partial charge in [0.1, 0.15) is 11.3 Å². The van der Waals surface area contributed by atoms with Crippen LogP contribution in [0.2, 0.25) is 0 Å². The van der Waals surface area contributed by atoms with Gasteiger partial charge in [-0.2, -0.15) is 0 Å². The van der Waals surface area contributed by atoms with Crippen molar-refractivity contribution >= 4 is 5.91 Å². The van der Waals surface area contributed by atoms with E-state index in [-0.39, 0.29) is 11.5 Å². The molecule has 1 saturated carbocycles. The quantitative estimate of drug-likeness (QED) is 0.782. The fourth-order valence-corrected chi connectivity index (χ4v) is 5.33. The zero-order valence-corrected chi connectivity index (χ0v) is 17.6. The predicted molar refractivity (Wildman–Crippen MR) is 113 cm³/mol. The SMILES string of the molecule is Cc1cc(CCc2ccccc2)oc(=O)c1C(=O)N1C[C@H]2CC[C@@H](C1)C2N(C)C. The van der Waals surface area contributed by atoms with E-state index in [2.05, 4.69) is 31.1 Å². The third kappa shape index (κ3) is 4.01. The van der Waals surface area contributed by atoms with E-state index >= 15 is 0 Å². The lowest BCUT2D eigenvalue weighted by Gasteiger charge is -2.41. The molecule has 3 atom stereocenters. The summed E-state index contributed by atoms with van der Waals surface area (Å²) in [5, 5.41) is 0.